The first-order valence-corrected chi connectivity index (χ1v) is 12.8. The second-order valence-electron chi connectivity index (χ2n) is 10.1. The molecule has 38 heavy (non-hydrogen) atoms. The van der Waals surface area contributed by atoms with Crippen LogP contribution >= 0.6 is 0 Å². The average molecular weight is 512 g/mol. The van der Waals surface area contributed by atoms with Gasteiger partial charge < -0.3 is 10.2 Å². The van der Waals surface area contributed by atoms with Crippen LogP contribution in [0.15, 0.2) is 41.3 Å². The van der Waals surface area contributed by atoms with Crippen molar-refractivity contribution in [1.29, 1.82) is 5.26 Å². The van der Waals surface area contributed by atoms with E-state index in [0.717, 1.165) is 24.3 Å². The molecule has 0 saturated carbocycles. The third-order valence-corrected chi connectivity index (χ3v) is 7.11. The molecule has 1 saturated heterocycles. The number of aryl methyl sites for hydroxylation is 2. The highest BCUT2D eigenvalue weighted by Gasteiger charge is 2.27. The summed E-state index contributed by atoms with van der Waals surface area (Å²) in [4.78, 5) is 29.9. The lowest BCUT2D eigenvalue weighted by atomic mass is 10.0. The molecule has 0 bridgehead atoms. The summed E-state index contributed by atoms with van der Waals surface area (Å²) in [7, 11) is 0. The Morgan fingerprint density at radius 3 is 2.68 bits per heavy atom. The van der Waals surface area contributed by atoms with Crippen molar-refractivity contribution in [2.24, 2.45) is 0 Å². The van der Waals surface area contributed by atoms with Gasteiger partial charge in [-0.25, -0.2) is 18.7 Å². The van der Waals surface area contributed by atoms with E-state index < -0.39 is 11.5 Å². The SMILES string of the molecule is Cc1cccc(-c2nc3c(cc2C#N)c(N2CCNC[C@@H]2C)nc(=O)n3-c2c(C)ccnc2C(C)C)c1F. The van der Waals surface area contributed by atoms with E-state index in [1.807, 2.05) is 26.8 Å². The summed E-state index contributed by atoms with van der Waals surface area (Å²) < 4.78 is 16.8. The number of nitrogens with zero attached hydrogens (tertiary/aromatic N) is 6. The first kappa shape index (κ1) is 25.5. The summed E-state index contributed by atoms with van der Waals surface area (Å²) in [5, 5.41) is 14.0. The number of piperazine rings is 1. The van der Waals surface area contributed by atoms with Gasteiger partial charge in [0.1, 0.15) is 17.7 Å². The van der Waals surface area contributed by atoms with Crippen LogP contribution in [0.25, 0.3) is 28.0 Å². The molecule has 1 N–H and O–H groups in total. The smallest absolute Gasteiger partial charge is 0.351 e. The minimum atomic E-state index is -0.496. The van der Waals surface area contributed by atoms with Crippen LogP contribution in [-0.4, -0.2) is 45.2 Å². The Hall–Kier alpha value is -4.16. The fraction of sp³-hybridized carbons (Fsp3) is 0.345. The zero-order valence-electron chi connectivity index (χ0n) is 22.2. The highest BCUT2D eigenvalue weighted by Crippen LogP contribution is 2.34. The quantitative estimate of drug-likeness (QED) is 0.434. The van der Waals surface area contributed by atoms with Crippen LogP contribution in [0.1, 0.15) is 49.1 Å². The monoisotopic (exact) mass is 511 g/mol. The van der Waals surface area contributed by atoms with Crippen LogP contribution in [-0.2, 0) is 0 Å². The molecular formula is C29H30FN7O. The normalized spacial score (nSPS) is 15.7. The molecule has 9 heteroatoms. The molecule has 0 spiro atoms. The number of hydrogen-bond donors (Lipinski definition) is 1. The first-order valence-electron chi connectivity index (χ1n) is 12.8. The third-order valence-electron chi connectivity index (χ3n) is 7.11. The Balaban J connectivity index is 1.94. The van der Waals surface area contributed by atoms with Crippen LogP contribution in [0, 0.1) is 31.0 Å². The molecular weight excluding hydrogens is 481 g/mol. The van der Waals surface area contributed by atoms with Crippen LogP contribution in [0.5, 0.6) is 0 Å². The third kappa shape index (κ3) is 4.21. The van der Waals surface area contributed by atoms with Crippen LogP contribution < -0.4 is 15.9 Å². The van der Waals surface area contributed by atoms with E-state index in [-0.39, 0.29) is 28.8 Å². The molecule has 1 aromatic carbocycles. The van der Waals surface area contributed by atoms with Gasteiger partial charge in [-0.3, -0.25) is 4.98 Å². The summed E-state index contributed by atoms with van der Waals surface area (Å²) in [6.07, 6.45) is 1.72. The van der Waals surface area contributed by atoms with Gasteiger partial charge >= 0.3 is 5.69 Å². The number of fused-ring (bicyclic) bond motifs is 1. The van der Waals surface area contributed by atoms with E-state index in [4.69, 9.17) is 4.98 Å². The van der Waals surface area contributed by atoms with Crippen molar-refractivity contribution < 1.29 is 4.39 Å². The average Bonchev–Trinajstić information content (AvgIpc) is 2.90. The van der Waals surface area contributed by atoms with Crippen molar-refractivity contribution in [3.8, 4) is 23.0 Å². The van der Waals surface area contributed by atoms with Gasteiger partial charge in [0.2, 0.25) is 0 Å². The van der Waals surface area contributed by atoms with Crippen molar-refractivity contribution in [3.63, 3.8) is 0 Å². The van der Waals surface area contributed by atoms with E-state index in [9.17, 15) is 10.1 Å². The van der Waals surface area contributed by atoms with Gasteiger partial charge in [-0.2, -0.15) is 10.2 Å². The maximum atomic E-state index is 15.3. The van der Waals surface area contributed by atoms with Gasteiger partial charge in [-0.05, 0) is 56.0 Å². The minimum Gasteiger partial charge on any atom is -0.351 e. The lowest BCUT2D eigenvalue weighted by Gasteiger charge is -2.35. The van der Waals surface area contributed by atoms with Gasteiger partial charge in [0.05, 0.1) is 28.0 Å². The van der Waals surface area contributed by atoms with Gasteiger partial charge in [0.25, 0.3) is 0 Å². The summed E-state index contributed by atoms with van der Waals surface area (Å²) in [6.45, 7) is 11.8. The number of anilines is 1. The van der Waals surface area contributed by atoms with Crippen molar-refractivity contribution in [2.75, 3.05) is 24.5 Å². The largest absolute Gasteiger partial charge is 0.355 e. The fourth-order valence-electron chi connectivity index (χ4n) is 5.11. The fourth-order valence-corrected chi connectivity index (χ4v) is 5.11. The predicted octanol–water partition coefficient (Wildman–Crippen LogP) is 4.39. The number of nitrogens with one attached hydrogen (secondary N) is 1. The first-order chi connectivity index (χ1) is 18.2. The van der Waals surface area contributed by atoms with Gasteiger partial charge in [-0.1, -0.05) is 26.0 Å². The Labute approximate surface area is 220 Å². The highest BCUT2D eigenvalue weighted by atomic mass is 19.1. The molecule has 4 aromatic rings. The molecule has 1 aliphatic rings. The van der Waals surface area contributed by atoms with Crippen LogP contribution in [0.2, 0.25) is 0 Å². The second kappa shape index (κ2) is 9.95. The van der Waals surface area contributed by atoms with Crippen LogP contribution in [0.4, 0.5) is 10.2 Å². The molecule has 4 heterocycles. The number of pyridine rings is 2. The Bertz CT molecular complexity index is 1650. The van der Waals surface area contributed by atoms with E-state index >= 15 is 4.39 Å². The Morgan fingerprint density at radius 1 is 1.18 bits per heavy atom. The van der Waals surface area contributed by atoms with Crippen molar-refractivity contribution in [3.05, 3.63) is 75.2 Å². The van der Waals surface area contributed by atoms with E-state index in [0.29, 0.717) is 34.6 Å². The van der Waals surface area contributed by atoms with Crippen LogP contribution in [0.3, 0.4) is 0 Å². The number of rotatable bonds is 4. The molecule has 0 radical (unpaired) electrons. The van der Waals surface area contributed by atoms with Gasteiger partial charge in [-0.15, -0.1) is 0 Å². The molecule has 0 aliphatic carbocycles. The van der Waals surface area contributed by atoms with Gasteiger partial charge in [0, 0.05) is 37.4 Å². The highest BCUT2D eigenvalue weighted by molar-refractivity contribution is 5.92. The molecule has 1 aliphatic heterocycles. The number of halogens is 1. The molecule has 1 fully saturated rings. The lowest BCUT2D eigenvalue weighted by molar-refractivity contribution is 0.497. The second-order valence-corrected chi connectivity index (χ2v) is 10.1. The van der Waals surface area contributed by atoms with Crippen molar-refractivity contribution >= 4 is 16.9 Å². The van der Waals surface area contributed by atoms with E-state index in [1.165, 1.54) is 4.57 Å². The number of hydrogen-bond acceptors (Lipinski definition) is 7. The van der Waals surface area contributed by atoms with E-state index in [2.05, 4.69) is 33.2 Å². The van der Waals surface area contributed by atoms with Crippen molar-refractivity contribution in [1.82, 2.24) is 24.8 Å². The molecule has 5 rings (SSSR count). The number of nitriles is 1. The van der Waals surface area contributed by atoms with Gasteiger partial charge in [0.15, 0.2) is 5.65 Å². The maximum Gasteiger partial charge on any atom is 0.355 e. The topological polar surface area (TPSA) is 99.7 Å². The molecule has 3 aromatic heterocycles. The Morgan fingerprint density at radius 2 is 1.97 bits per heavy atom. The molecule has 0 unspecified atom stereocenters. The Kier molecular flexibility index (Phi) is 6.67. The van der Waals surface area contributed by atoms with Crippen molar-refractivity contribution in [2.45, 2.75) is 46.6 Å². The standard InChI is InChI=1S/C29H30FN7O/c1-16(2)24-26(18(4)9-10-33-24)37-28-22(27(35-29(37)38)36-12-11-32-15-19(36)5)13-20(14-31)25(34-28)21-8-6-7-17(3)23(21)30/h6-10,13,16,19,32H,11-12,15H2,1-5H3/t19-/m0/s1. The summed E-state index contributed by atoms with van der Waals surface area (Å²) in [5.74, 6) is 0.0464. The molecule has 0 amide bonds. The maximum absolute atomic E-state index is 15.3. The molecule has 194 valence electrons. The minimum absolute atomic E-state index is 0.0202. The lowest BCUT2D eigenvalue weighted by Crippen LogP contribution is -2.50. The summed E-state index contributed by atoms with van der Waals surface area (Å²) >= 11 is 0. The summed E-state index contributed by atoms with van der Waals surface area (Å²) in [5.41, 5.74) is 3.06. The summed E-state index contributed by atoms with van der Waals surface area (Å²) in [6, 6.07) is 10.8. The molecule has 1 atom stereocenters. The zero-order valence-corrected chi connectivity index (χ0v) is 22.2. The van der Waals surface area contributed by atoms with E-state index in [1.54, 1.807) is 37.4 Å². The molecule has 8 nitrogen and oxygen atoms in total. The zero-order chi connectivity index (χ0) is 27.1. The predicted molar refractivity (Wildman–Crippen MR) is 146 cm³/mol. The number of benzene rings is 1. The number of aromatic nitrogens is 4.